The number of anilines is 1. The van der Waals surface area contributed by atoms with Crippen molar-refractivity contribution in [3.63, 3.8) is 0 Å². The first-order chi connectivity index (χ1) is 12.8. The Kier molecular flexibility index (Phi) is 6.09. The van der Waals surface area contributed by atoms with Crippen LogP contribution in [0.5, 0.6) is 0 Å². The van der Waals surface area contributed by atoms with E-state index in [1.807, 2.05) is 19.1 Å². The molecule has 5 nitrogen and oxygen atoms in total. The first-order valence-electron chi connectivity index (χ1n) is 8.18. The molecule has 0 radical (unpaired) electrons. The van der Waals surface area contributed by atoms with Crippen molar-refractivity contribution < 1.29 is 9.59 Å². The first-order valence-corrected chi connectivity index (χ1v) is 9.82. The zero-order valence-electron chi connectivity index (χ0n) is 14.7. The Morgan fingerprint density at radius 2 is 2.00 bits per heavy atom. The van der Waals surface area contributed by atoms with E-state index in [0.717, 1.165) is 5.56 Å². The Labute approximate surface area is 171 Å². The lowest BCUT2D eigenvalue weighted by atomic mass is 10.2. The third kappa shape index (κ3) is 4.64. The molecule has 3 rings (SSSR count). The number of aliphatic imine (C=N–C) groups is 1. The molecule has 0 bridgehead atoms. The van der Waals surface area contributed by atoms with Gasteiger partial charge in [-0.3, -0.25) is 14.5 Å². The fourth-order valence-electron chi connectivity index (χ4n) is 2.56. The number of hydrogen-bond acceptors (Lipinski definition) is 4. The van der Waals surface area contributed by atoms with Gasteiger partial charge < -0.3 is 5.32 Å². The summed E-state index contributed by atoms with van der Waals surface area (Å²) in [6.07, 6.45) is 0.0495. The highest BCUT2D eigenvalue weighted by atomic mass is 35.5. The number of amides is 2. The summed E-state index contributed by atoms with van der Waals surface area (Å²) in [6.45, 7) is 1.87. The van der Waals surface area contributed by atoms with Crippen LogP contribution in [0.15, 0.2) is 47.5 Å². The van der Waals surface area contributed by atoms with Gasteiger partial charge in [-0.15, -0.1) is 0 Å². The van der Waals surface area contributed by atoms with Crippen molar-refractivity contribution in [2.45, 2.75) is 18.6 Å². The lowest BCUT2D eigenvalue weighted by molar-refractivity contribution is -0.127. The van der Waals surface area contributed by atoms with Crippen LogP contribution in [-0.2, 0) is 9.59 Å². The summed E-state index contributed by atoms with van der Waals surface area (Å²) in [5.41, 5.74) is 2.14. The summed E-state index contributed by atoms with van der Waals surface area (Å²) in [5, 5.41) is 3.94. The number of nitrogens with one attached hydrogen (secondary N) is 1. The lowest BCUT2D eigenvalue weighted by Crippen LogP contribution is -2.30. The molecule has 1 saturated heterocycles. The van der Waals surface area contributed by atoms with E-state index in [2.05, 4.69) is 10.3 Å². The number of rotatable bonds is 4. The highest BCUT2D eigenvalue weighted by Gasteiger charge is 2.37. The van der Waals surface area contributed by atoms with Gasteiger partial charge in [0.15, 0.2) is 5.17 Å². The van der Waals surface area contributed by atoms with E-state index in [1.54, 1.807) is 37.4 Å². The topological polar surface area (TPSA) is 61.8 Å². The normalized spacial score (nSPS) is 18.2. The van der Waals surface area contributed by atoms with Crippen LogP contribution in [0.2, 0.25) is 10.0 Å². The molecule has 8 heteroatoms. The van der Waals surface area contributed by atoms with Gasteiger partial charge in [-0.2, -0.15) is 0 Å². The van der Waals surface area contributed by atoms with Crippen LogP contribution in [-0.4, -0.2) is 34.2 Å². The number of amidine groups is 1. The fourth-order valence-corrected chi connectivity index (χ4v) is 4.07. The predicted octanol–water partition coefficient (Wildman–Crippen LogP) is 4.89. The molecule has 0 saturated carbocycles. The third-order valence-corrected chi connectivity index (χ3v) is 5.95. The number of benzene rings is 2. The molecule has 1 fully saturated rings. The Morgan fingerprint density at radius 1 is 1.26 bits per heavy atom. The van der Waals surface area contributed by atoms with E-state index in [4.69, 9.17) is 23.2 Å². The van der Waals surface area contributed by atoms with Crippen LogP contribution in [0.1, 0.15) is 12.0 Å². The summed E-state index contributed by atoms with van der Waals surface area (Å²) >= 11 is 13.3. The minimum Gasteiger partial charge on any atom is -0.326 e. The second-order valence-corrected chi connectivity index (χ2v) is 8.06. The maximum absolute atomic E-state index is 12.5. The maximum Gasteiger partial charge on any atom is 0.242 e. The second kappa shape index (κ2) is 8.33. The van der Waals surface area contributed by atoms with Crippen molar-refractivity contribution in [3.8, 4) is 0 Å². The Morgan fingerprint density at radius 3 is 2.74 bits per heavy atom. The molecule has 2 amide bonds. The average Bonchev–Trinajstić information content (AvgIpc) is 2.87. The maximum atomic E-state index is 12.5. The van der Waals surface area contributed by atoms with Gasteiger partial charge in [0.05, 0.1) is 5.69 Å². The monoisotopic (exact) mass is 421 g/mol. The molecule has 1 atom stereocenters. The first kappa shape index (κ1) is 19.7. The van der Waals surface area contributed by atoms with Crippen molar-refractivity contribution in [1.29, 1.82) is 0 Å². The Hall–Kier alpha value is -2.02. The van der Waals surface area contributed by atoms with Crippen LogP contribution in [0.3, 0.4) is 0 Å². The molecule has 1 heterocycles. The molecule has 0 unspecified atom stereocenters. The van der Waals surface area contributed by atoms with Crippen LogP contribution in [0, 0.1) is 6.92 Å². The van der Waals surface area contributed by atoms with Crippen LogP contribution >= 0.6 is 35.0 Å². The number of hydrogen-bond donors (Lipinski definition) is 1. The van der Waals surface area contributed by atoms with Crippen molar-refractivity contribution >= 4 is 63.3 Å². The summed E-state index contributed by atoms with van der Waals surface area (Å²) < 4.78 is 0. The van der Waals surface area contributed by atoms with Gasteiger partial charge in [0.1, 0.15) is 5.25 Å². The molecule has 2 aromatic carbocycles. The SMILES string of the molecule is Cc1c(Cl)cccc1N=C1S[C@@H](CC(=O)Nc2cccc(Cl)c2)C(=O)N1C. The van der Waals surface area contributed by atoms with E-state index >= 15 is 0 Å². The summed E-state index contributed by atoms with van der Waals surface area (Å²) in [6, 6.07) is 12.3. The molecular weight excluding hydrogens is 405 g/mol. The average molecular weight is 422 g/mol. The highest BCUT2D eigenvalue weighted by Crippen LogP contribution is 2.33. The van der Waals surface area contributed by atoms with E-state index in [0.29, 0.717) is 26.6 Å². The molecule has 0 aliphatic carbocycles. The van der Waals surface area contributed by atoms with Crippen LogP contribution < -0.4 is 5.32 Å². The molecule has 2 aromatic rings. The Bertz CT molecular complexity index is 933. The minimum atomic E-state index is -0.521. The molecule has 1 aliphatic heterocycles. The highest BCUT2D eigenvalue weighted by molar-refractivity contribution is 8.15. The number of halogens is 2. The van der Waals surface area contributed by atoms with Gasteiger partial charge in [-0.05, 0) is 42.8 Å². The number of carbonyl (C=O) groups is 2. The lowest BCUT2D eigenvalue weighted by Gasteiger charge is -2.10. The van der Waals surface area contributed by atoms with Crippen molar-refractivity contribution in [2.24, 2.45) is 4.99 Å². The molecule has 1 N–H and O–H groups in total. The van der Waals surface area contributed by atoms with Crippen molar-refractivity contribution in [3.05, 3.63) is 58.1 Å². The summed E-state index contributed by atoms with van der Waals surface area (Å²) in [5.74, 6) is -0.406. The number of thioether (sulfide) groups is 1. The van der Waals surface area contributed by atoms with Gasteiger partial charge in [-0.1, -0.05) is 47.1 Å². The predicted molar refractivity (Wildman–Crippen MR) is 112 cm³/mol. The molecular formula is C19H17Cl2N3O2S. The van der Waals surface area contributed by atoms with E-state index in [-0.39, 0.29) is 18.2 Å². The smallest absolute Gasteiger partial charge is 0.242 e. The quantitative estimate of drug-likeness (QED) is 0.763. The van der Waals surface area contributed by atoms with Gasteiger partial charge in [-0.25, -0.2) is 4.99 Å². The zero-order chi connectivity index (χ0) is 19.6. The summed E-state index contributed by atoms with van der Waals surface area (Å²) in [4.78, 5) is 30.8. The van der Waals surface area contributed by atoms with E-state index < -0.39 is 5.25 Å². The van der Waals surface area contributed by atoms with Gasteiger partial charge in [0.25, 0.3) is 0 Å². The largest absolute Gasteiger partial charge is 0.326 e. The third-order valence-electron chi connectivity index (χ3n) is 4.07. The van der Waals surface area contributed by atoms with Crippen LogP contribution in [0.4, 0.5) is 11.4 Å². The molecule has 140 valence electrons. The number of nitrogens with zero attached hydrogens (tertiary/aromatic N) is 2. The number of carbonyl (C=O) groups excluding carboxylic acids is 2. The van der Waals surface area contributed by atoms with Gasteiger partial charge >= 0.3 is 0 Å². The minimum absolute atomic E-state index is 0.0495. The van der Waals surface area contributed by atoms with Gasteiger partial charge in [0.2, 0.25) is 11.8 Å². The van der Waals surface area contributed by atoms with Crippen LogP contribution in [0.25, 0.3) is 0 Å². The van der Waals surface area contributed by atoms with Gasteiger partial charge in [0, 0.05) is 29.2 Å². The van der Waals surface area contributed by atoms with E-state index in [1.165, 1.54) is 16.7 Å². The molecule has 0 aromatic heterocycles. The summed E-state index contributed by atoms with van der Waals surface area (Å²) in [7, 11) is 1.66. The van der Waals surface area contributed by atoms with E-state index in [9.17, 15) is 9.59 Å². The molecule has 27 heavy (non-hydrogen) atoms. The van der Waals surface area contributed by atoms with Crippen molar-refractivity contribution in [2.75, 3.05) is 12.4 Å². The zero-order valence-corrected chi connectivity index (χ0v) is 17.0. The fraction of sp³-hybridized carbons (Fsp3) is 0.211. The molecule has 1 aliphatic rings. The molecule has 0 spiro atoms. The Balaban J connectivity index is 1.71. The van der Waals surface area contributed by atoms with Crippen molar-refractivity contribution in [1.82, 2.24) is 4.90 Å². The standard InChI is InChI=1S/C19H17Cl2N3O2S/c1-11-14(21)7-4-8-15(11)23-19-24(2)18(26)16(27-19)10-17(25)22-13-6-3-5-12(20)9-13/h3-9,16H,10H2,1-2H3,(H,22,25)/t16-/m0/s1. The second-order valence-electron chi connectivity index (χ2n) is 6.04.